The molecule has 0 aromatic carbocycles. The fourth-order valence-corrected chi connectivity index (χ4v) is 3.16. The van der Waals surface area contributed by atoms with Gasteiger partial charge in [-0.2, -0.15) is 0 Å². The Balaban J connectivity index is 1.69. The lowest BCUT2D eigenvalue weighted by Gasteiger charge is -2.35. The third kappa shape index (κ3) is 2.70. The smallest absolute Gasteiger partial charge is 0.140 e. The summed E-state index contributed by atoms with van der Waals surface area (Å²) in [7, 11) is 1.75. The summed E-state index contributed by atoms with van der Waals surface area (Å²) in [6.07, 6.45) is 1.67. The van der Waals surface area contributed by atoms with Crippen LogP contribution in [0.25, 0.3) is 10.2 Å². The van der Waals surface area contributed by atoms with Crippen LogP contribution in [0.15, 0.2) is 17.8 Å². The van der Waals surface area contributed by atoms with Gasteiger partial charge in [0.1, 0.15) is 17.0 Å². The molecule has 0 spiro atoms. The second kappa shape index (κ2) is 5.81. The van der Waals surface area contributed by atoms with E-state index in [1.807, 2.05) is 0 Å². The summed E-state index contributed by atoms with van der Waals surface area (Å²) in [6, 6.07) is 2.12. The molecule has 5 nitrogen and oxygen atoms in total. The second-order valence-electron chi connectivity index (χ2n) is 4.66. The number of hydrogen-bond donors (Lipinski definition) is 0. The molecule has 2 aromatic rings. The molecule has 0 radical (unpaired) electrons. The lowest BCUT2D eigenvalue weighted by molar-refractivity contribution is 0.144. The van der Waals surface area contributed by atoms with E-state index in [0.29, 0.717) is 0 Å². The third-order valence-corrected chi connectivity index (χ3v) is 4.34. The van der Waals surface area contributed by atoms with Gasteiger partial charge in [0.25, 0.3) is 0 Å². The first-order valence-corrected chi connectivity index (χ1v) is 7.41. The van der Waals surface area contributed by atoms with Crippen LogP contribution in [-0.4, -0.2) is 61.3 Å². The highest BCUT2D eigenvalue weighted by molar-refractivity contribution is 7.16. The molecule has 2 aromatic heterocycles. The van der Waals surface area contributed by atoms with Crippen molar-refractivity contribution < 1.29 is 4.74 Å². The third-order valence-electron chi connectivity index (χ3n) is 3.52. The van der Waals surface area contributed by atoms with Gasteiger partial charge < -0.3 is 9.64 Å². The Morgan fingerprint density at radius 2 is 2.11 bits per heavy atom. The van der Waals surface area contributed by atoms with Crippen LogP contribution >= 0.6 is 11.3 Å². The zero-order valence-electron chi connectivity index (χ0n) is 11.1. The first-order valence-electron chi connectivity index (χ1n) is 6.53. The first kappa shape index (κ1) is 12.8. The zero-order valence-corrected chi connectivity index (χ0v) is 11.9. The molecule has 0 unspecified atom stereocenters. The average molecular weight is 278 g/mol. The van der Waals surface area contributed by atoms with Crippen LogP contribution < -0.4 is 4.90 Å². The Kier molecular flexibility index (Phi) is 3.91. The molecule has 0 saturated carbocycles. The Morgan fingerprint density at radius 1 is 1.26 bits per heavy atom. The number of fused-ring (bicyclic) bond motifs is 1. The molecule has 6 heteroatoms. The van der Waals surface area contributed by atoms with E-state index >= 15 is 0 Å². The SMILES string of the molecule is COCCN1CCN(c2ncnc3sccc23)CC1. The van der Waals surface area contributed by atoms with E-state index in [4.69, 9.17) is 4.74 Å². The van der Waals surface area contributed by atoms with E-state index in [2.05, 4.69) is 31.2 Å². The van der Waals surface area contributed by atoms with E-state index in [0.717, 1.165) is 50.0 Å². The van der Waals surface area contributed by atoms with Crippen LogP contribution in [0.4, 0.5) is 5.82 Å². The summed E-state index contributed by atoms with van der Waals surface area (Å²) in [5, 5.41) is 3.26. The van der Waals surface area contributed by atoms with Crippen LogP contribution in [0, 0.1) is 0 Å². The van der Waals surface area contributed by atoms with Crippen LogP contribution in [0.1, 0.15) is 0 Å². The minimum atomic E-state index is 0.808. The van der Waals surface area contributed by atoms with Crippen LogP contribution in [0.5, 0.6) is 0 Å². The predicted octanol–water partition coefficient (Wildman–Crippen LogP) is 1.46. The molecule has 19 heavy (non-hydrogen) atoms. The number of anilines is 1. The number of thiophene rings is 1. The summed E-state index contributed by atoms with van der Waals surface area (Å²) in [5.74, 6) is 1.08. The highest BCUT2D eigenvalue weighted by Crippen LogP contribution is 2.27. The van der Waals surface area contributed by atoms with Gasteiger partial charge in [-0.25, -0.2) is 9.97 Å². The van der Waals surface area contributed by atoms with Crippen molar-refractivity contribution in [1.82, 2.24) is 14.9 Å². The Bertz CT molecular complexity index is 536. The highest BCUT2D eigenvalue weighted by Gasteiger charge is 2.19. The fourth-order valence-electron chi connectivity index (χ4n) is 2.43. The lowest BCUT2D eigenvalue weighted by Crippen LogP contribution is -2.47. The molecule has 102 valence electrons. The van der Waals surface area contributed by atoms with Crippen molar-refractivity contribution in [3.63, 3.8) is 0 Å². The van der Waals surface area contributed by atoms with Gasteiger partial charge in [0, 0.05) is 39.8 Å². The number of hydrogen-bond acceptors (Lipinski definition) is 6. The molecule has 0 aliphatic carbocycles. The molecule has 1 aliphatic heterocycles. The molecule has 0 amide bonds. The summed E-state index contributed by atoms with van der Waals surface area (Å²) < 4.78 is 5.13. The molecule has 0 atom stereocenters. The van der Waals surface area contributed by atoms with Gasteiger partial charge in [-0.05, 0) is 11.4 Å². The van der Waals surface area contributed by atoms with Crippen LogP contribution in [0.3, 0.4) is 0 Å². The van der Waals surface area contributed by atoms with Crippen molar-refractivity contribution in [3.05, 3.63) is 17.8 Å². The van der Waals surface area contributed by atoms with Crippen molar-refractivity contribution >= 4 is 27.4 Å². The normalized spacial score (nSPS) is 17.2. The van der Waals surface area contributed by atoms with Crippen molar-refractivity contribution in [2.45, 2.75) is 0 Å². The molecule has 1 fully saturated rings. The second-order valence-corrected chi connectivity index (χ2v) is 5.55. The Hall–Kier alpha value is -1.24. The van der Waals surface area contributed by atoms with Gasteiger partial charge in [-0.15, -0.1) is 11.3 Å². The largest absolute Gasteiger partial charge is 0.383 e. The monoisotopic (exact) mass is 278 g/mol. The van der Waals surface area contributed by atoms with Gasteiger partial charge in [-0.3, -0.25) is 4.90 Å². The fraction of sp³-hybridized carbons (Fsp3) is 0.538. The molecule has 3 rings (SSSR count). The Labute approximate surface area is 116 Å². The van der Waals surface area contributed by atoms with E-state index in [1.54, 1.807) is 24.8 Å². The van der Waals surface area contributed by atoms with Gasteiger partial charge >= 0.3 is 0 Å². The maximum atomic E-state index is 5.13. The van der Waals surface area contributed by atoms with Crippen molar-refractivity contribution in [3.8, 4) is 0 Å². The van der Waals surface area contributed by atoms with Crippen molar-refractivity contribution in [1.29, 1.82) is 0 Å². The van der Waals surface area contributed by atoms with Gasteiger partial charge in [0.2, 0.25) is 0 Å². The molecular formula is C13H18N4OS. The minimum absolute atomic E-state index is 0.808. The maximum Gasteiger partial charge on any atom is 0.140 e. The lowest BCUT2D eigenvalue weighted by atomic mass is 10.3. The summed E-state index contributed by atoms with van der Waals surface area (Å²) in [6.45, 7) is 6.00. The quantitative estimate of drug-likeness (QED) is 0.847. The summed E-state index contributed by atoms with van der Waals surface area (Å²) >= 11 is 1.67. The molecule has 0 N–H and O–H groups in total. The topological polar surface area (TPSA) is 41.5 Å². The highest BCUT2D eigenvalue weighted by atomic mass is 32.1. The Morgan fingerprint density at radius 3 is 2.89 bits per heavy atom. The zero-order chi connectivity index (χ0) is 13.1. The van der Waals surface area contributed by atoms with E-state index < -0.39 is 0 Å². The number of nitrogens with zero attached hydrogens (tertiary/aromatic N) is 4. The standard InChI is InChI=1S/C13H18N4OS/c1-18-8-7-16-3-5-17(6-4-16)12-11-2-9-19-13(11)15-10-14-12/h2,9-10H,3-8H2,1H3. The molecule has 3 heterocycles. The molecule has 1 aliphatic rings. The maximum absolute atomic E-state index is 5.13. The van der Waals surface area contributed by atoms with Crippen molar-refractivity contribution in [2.75, 3.05) is 51.3 Å². The predicted molar refractivity (Wildman–Crippen MR) is 77.9 cm³/mol. The van der Waals surface area contributed by atoms with Crippen LogP contribution in [0.2, 0.25) is 0 Å². The number of rotatable bonds is 4. The minimum Gasteiger partial charge on any atom is -0.383 e. The first-order chi connectivity index (χ1) is 9.38. The molecule has 1 saturated heterocycles. The van der Waals surface area contributed by atoms with Gasteiger partial charge in [0.05, 0.1) is 12.0 Å². The van der Waals surface area contributed by atoms with Crippen LogP contribution in [-0.2, 0) is 4.74 Å². The number of methoxy groups -OCH3 is 1. The van der Waals surface area contributed by atoms with E-state index in [-0.39, 0.29) is 0 Å². The number of ether oxygens (including phenoxy) is 1. The molecular weight excluding hydrogens is 260 g/mol. The van der Waals surface area contributed by atoms with Gasteiger partial charge in [0.15, 0.2) is 0 Å². The van der Waals surface area contributed by atoms with E-state index in [9.17, 15) is 0 Å². The molecule has 0 bridgehead atoms. The number of piperazine rings is 1. The average Bonchev–Trinajstić information content (AvgIpc) is 2.94. The summed E-state index contributed by atoms with van der Waals surface area (Å²) in [5.41, 5.74) is 0. The summed E-state index contributed by atoms with van der Waals surface area (Å²) in [4.78, 5) is 14.6. The van der Waals surface area contributed by atoms with E-state index in [1.165, 1.54) is 5.39 Å². The van der Waals surface area contributed by atoms with Crippen molar-refractivity contribution in [2.24, 2.45) is 0 Å². The number of aromatic nitrogens is 2. The van der Waals surface area contributed by atoms with Gasteiger partial charge in [-0.1, -0.05) is 0 Å².